The van der Waals surface area contributed by atoms with Gasteiger partial charge in [0.15, 0.2) is 0 Å². The molecule has 1 heterocycles. The Labute approximate surface area is 72.4 Å². The van der Waals surface area contributed by atoms with Gasteiger partial charge in [-0.15, -0.1) is 0 Å². The molecule has 0 atom stereocenters. The van der Waals surface area contributed by atoms with E-state index in [4.69, 9.17) is 5.73 Å². The maximum Gasteiger partial charge on any atom is 0.149 e. The summed E-state index contributed by atoms with van der Waals surface area (Å²) in [6.45, 7) is 3.38. The van der Waals surface area contributed by atoms with Crippen LogP contribution in [0.5, 0.6) is 0 Å². The van der Waals surface area contributed by atoms with Crippen molar-refractivity contribution in [1.82, 2.24) is 9.97 Å². The van der Waals surface area contributed by atoms with E-state index in [9.17, 15) is 0 Å². The molecular weight excluding hydrogens is 152 g/mol. The van der Waals surface area contributed by atoms with Gasteiger partial charge in [-0.05, 0) is 6.92 Å². The van der Waals surface area contributed by atoms with Crippen LogP contribution in [0.15, 0.2) is 12.4 Å². The Bertz CT molecular complexity index is 249. The molecule has 0 unspecified atom stereocenters. The van der Waals surface area contributed by atoms with Gasteiger partial charge in [0, 0.05) is 32.5 Å². The summed E-state index contributed by atoms with van der Waals surface area (Å²) in [6, 6.07) is 0. The van der Waals surface area contributed by atoms with E-state index in [-0.39, 0.29) is 0 Å². The van der Waals surface area contributed by atoms with Gasteiger partial charge in [0.05, 0.1) is 5.69 Å². The lowest BCUT2D eigenvalue weighted by Crippen LogP contribution is -2.26. The molecule has 0 aliphatic rings. The molecule has 0 aliphatic heterocycles. The van der Waals surface area contributed by atoms with Gasteiger partial charge in [-0.1, -0.05) is 0 Å². The molecule has 12 heavy (non-hydrogen) atoms. The van der Waals surface area contributed by atoms with Crippen molar-refractivity contribution in [2.75, 3.05) is 25.0 Å². The summed E-state index contributed by atoms with van der Waals surface area (Å²) in [4.78, 5) is 10.3. The molecule has 1 aromatic heterocycles. The lowest BCUT2D eigenvalue weighted by atomic mass is 10.4. The van der Waals surface area contributed by atoms with Crippen LogP contribution in [0.2, 0.25) is 0 Å². The van der Waals surface area contributed by atoms with E-state index >= 15 is 0 Å². The molecule has 0 spiro atoms. The molecule has 0 bridgehead atoms. The number of rotatable bonds is 3. The molecule has 4 nitrogen and oxygen atoms in total. The number of aryl methyl sites for hydroxylation is 1. The molecule has 0 saturated heterocycles. The van der Waals surface area contributed by atoms with Crippen LogP contribution in [0.3, 0.4) is 0 Å². The smallest absolute Gasteiger partial charge is 0.149 e. The fourth-order valence-electron chi connectivity index (χ4n) is 1.07. The second-order valence-electron chi connectivity index (χ2n) is 2.68. The first-order valence-electron chi connectivity index (χ1n) is 3.94. The molecule has 0 aliphatic carbocycles. The van der Waals surface area contributed by atoms with Crippen molar-refractivity contribution in [3.05, 3.63) is 18.1 Å². The van der Waals surface area contributed by atoms with Gasteiger partial charge in [0.25, 0.3) is 0 Å². The Morgan fingerprint density at radius 2 is 2.08 bits per heavy atom. The molecule has 1 aromatic rings. The highest BCUT2D eigenvalue weighted by Crippen LogP contribution is 2.10. The first-order chi connectivity index (χ1) is 5.75. The van der Waals surface area contributed by atoms with Crippen molar-refractivity contribution in [3.63, 3.8) is 0 Å². The van der Waals surface area contributed by atoms with E-state index in [1.165, 1.54) is 0 Å². The van der Waals surface area contributed by atoms with Gasteiger partial charge < -0.3 is 10.6 Å². The largest absolute Gasteiger partial charge is 0.357 e. The monoisotopic (exact) mass is 166 g/mol. The lowest BCUT2D eigenvalue weighted by Gasteiger charge is -2.17. The predicted molar refractivity (Wildman–Crippen MR) is 49.1 cm³/mol. The van der Waals surface area contributed by atoms with Gasteiger partial charge in [0.2, 0.25) is 0 Å². The highest BCUT2D eigenvalue weighted by atomic mass is 15.2. The Hall–Kier alpha value is -1.16. The fourth-order valence-corrected chi connectivity index (χ4v) is 1.07. The number of nitrogens with two attached hydrogens (primary N) is 1. The standard InChI is InChI=1S/C8H14N4/c1-7-8(11-5-4-10-7)12(2)6-3-9/h4-5H,3,6,9H2,1-2H3. The van der Waals surface area contributed by atoms with Crippen LogP contribution in [0.4, 0.5) is 5.82 Å². The molecule has 0 amide bonds. The van der Waals surface area contributed by atoms with E-state index in [0.717, 1.165) is 18.1 Å². The summed E-state index contributed by atoms with van der Waals surface area (Å²) in [5.41, 5.74) is 6.37. The van der Waals surface area contributed by atoms with Gasteiger partial charge in [0.1, 0.15) is 5.82 Å². The maximum atomic E-state index is 5.43. The normalized spacial score (nSPS) is 9.92. The average molecular weight is 166 g/mol. The number of aromatic nitrogens is 2. The molecule has 66 valence electrons. The van der Waals surface area contributed by atoms with E-state index < -0.39 is 0 Å². The predicted octanol–water partition coefficient (Wildman–Crippen LogP) is 0.180. The van der Waals surface area contributed by atoms with Crippen LogP contribution in [0, 0.1) is 6.92 Å². The zero-order valence-electron chi connectivity index (χ0n) is 7.49. The minimum absolute atomic E-state index is 0.631. The summed E-state index contributed by atoms with van der Waals surface area (Å²) >= 11 is 0. The summed E-state index contributed by atoms with van der Waals surface area (Å²) in [5, 5.41) is 0. The summed E-state index contributed by atoms with van der Waals surface area (Å²) in [7, 11) is 1.96. The van der Waals surface area contributed by atoms with Gasteiger partial charge in [-0.2, -0.15) is 0 Å². The molecule has 1 rings (SSSR count). The molecular formula is C8H14N4. The van der Waals surface area contributed by atoms with Crippen molar-refractivity contribution in [2.24, 2.45) is 5.73 Å². The topological polar surface area (TPSA) is 55.0 Å². The number of hydrogen-bond donors (Lipinski definition) is 1. The number of nitrogens with zero attached hydrogens (tertiary/aromatic N) is 3. The van der Waals surface area contributed by atoms with Crippen LogP contribution >= 0.6 is 0 Å². The van der Waals surface area contributed by atoms with Crippen LogP contribution in [-0.4, -0.2) is 30.1 Å². The number of likely N-dealkylation sites (N-methyl/N-ethyl adjacent to an activating group) is 1. The first kappa shape index (κ1) is 8.93. The van der Waals surface area contributed by atoms with Crippen LogP contribution in [-0.2, 0) is 0 Å². The second-order valence-corrected chi connectivity index (χ2v) is 2.68. The summed E-state index contributed by atoms with van der Waals surface area (Å²) < 4.78 is 0. The first-order valence-corrected chi connectivity index (χ1v) is 3.94. The molecule has 0 fully saturated rings. The quantitative estimate of drug-likeness (QED) is 0.696. The Balaban J connectivity index is 2.79. The zero-order chi connectivity index (χ0) is 8.97. The van der Waals surface area contributed by atoms with Crippen LogP contribution in [0.1, 0.15) is 5.69 Å². The van der Waals surface area contributed by atoms with Gasteiger partial charge in [-0.3, -0.25) is 4.98 Å². The molecule has 0 aromatic carbocycles. The minimum Gasteiger partial charge on any atom is -0.357 e. The molecule has 0 saturated carbocycles. The SMILES string of the molecule is Cc1nccnc1N(C)CCN. The van der Waals surface area contributed by atoms with Gasteiger partial charge >= 0.3 is 0 Å². The third-order valence-electron chi connectivity index (χ3n) is 1.68. The minimum atomic E-state index is 0.631. The Morgan fingerprint density at radius 3 is 2.67 bits per heavy atom. The third-order valence-corrected chi connectivity index (χ3v) is 1.68. The van der Waals surface area contributed by atoms with Crippen LogP contribution < -0.4 is 10.6 Å². The van der Waals surface area contributed by atoms with Crippen molar-refractivity contribution in [1.29, 1.82) is 0 Å². The second kappa shape index (κ2) is 4.01. The third kappa shape index (κ3) is 1.92. The average Bonchev–Trinajstić information content (AvgIpc) is 2.05. The molecule has 2 N–H and O–H groups in total. The molecule has 0 radical (unpaired) electrons. The molecule has 4 heteroatoms. The number of anilines is 1. The summed E-state index contributed by atoms with van der Waals surface area (Å²) in [6.07, 6.45) is 3.38. The fraction of sp³-hybridized carbons (Fsp3) is 0.500. The van der Waals surface area contributed by atoms with Crippen molar-refractivity contribution in [3.8, 4) is 0 Å². The summed E-state index contributed by atoms with van der Waals surface area (Å²) in [5.74, 6) is 0.906. The van der Waals surface area contributed by atoms with Crippen molar-refractivity contribution < 1.29 is 0 Å². The van der Waals surface area contributed by atoms with Crippen LogP contribution in [0.25, 0.3) is 0 Å². The van der Waals surface area contributed by atoms with Gasteiger partial charge in [-0.25, -0.2) is 4.98 Å². The lowest BCUT2D eigenvalue weighted by molar-refractivity contribution is 0.855. The Kier molecular flexibility index (Phi) is 2.99. The number of hydrogen-bond acceptors (Lipinski definition) is 4. The highest BCUT2D eigenvalue weighted by molar-refractivity contribution is 5.40. The highest BCUT2D eigenvalue weighted by Gasteiger charge is 2.03. The van der Waals surface area contributed by atoms with E-state index in [1.807, 2.05) is 18.9 Å². The maximum absolute atomic E-state index is 5.43. The van der Waals surface area contributed by atoms with E-state index in [1.54, 1.807) is 12.4 Å². The van der Waals surface area contributed by atoms with E-state index in [0.29, 0.717) is 6.54 Å². The van der Waals surface area contributed by atoms with Crippen molar-refractivity contribution in [2.45, 2.75) is 6.92 Å². The van der Waals surface area contributed by atoms with Crippen molar-refractivity contribution >= 4 is 5.82 Å². The zero-order valence-corrected chi connectivity index (χ0v) is 7.49. The Morgan fingerprint density at radius 1 is 1.42 bits per heavy atom. The van der Waals surface area contributed by atoms with E-state index in [2.05, 4.69) is 9.97 Å².